The van der Waals surface area contributed by atoms with E-state index in [0.29, 0.717) is 24.9 Å². The number of nitrogens with two attached hydrogens (primary N) is 1. The predicted molar refractivity (Wildman–Crippen MR) is 48.6 cm³/mol. The molecule has 0 saturated heterocycles. The maximum atomic E-state index is 11.2. The molecule has 3 heteroatoms. The Morgan fingerprint density at radius 2 is 2.25 bits per heavy atom. The summed E-state index contributed by atoms with van der Waals surface area (Å²) in [6.45, 7) is 2.85. The Morgan fingerprint density at radius 1 is 1.58 bits per heavy atom. The van der Waals surface area contributed by atoms with E-state index in [1.54, 1.807) is 0 Å². The number of nitrogens with one attached hydrogen (secondary N) is 1. The van der Waals surface area contributed by atoms with Crippen molar-refractivity contribution in [3.05, 3.63) is 0 Å². The summed E-state index contributed by atoms with van der Waals surface area (Å²) < 4.78 is 0. The second-order valence-corrected chi connectivity index (χ2v) is 3.63. The van der Waals surface area contributed by atoms with Gasteiger partial charge in [-0.1, -0.05) is 6.92 Å². The normalized spacial score (nSPS) is 26.8. The van der Waals surface area contributed by atoms with Crippen LogP contribution in [0.2, 0.25) is 0 Å². The van der Waals surface area contributed by atoms with Crippen molar-refractivity contribution >= 4 is 5.91 Å². The number of carbonyl (C=O) groups is 1. The van der Waals surface area contributed by atoms with Gasteiger partial charge in [-0.15, -0.1) is 0 Å². The Morgan fingerprint density at radius 3 is 2.75 bits per heavy atom. The number of unbranched alkanes of at least 4 members (excludes halogenated alkanes) is 1. The predicted octanol–water partition coefficient (Wildman–Crippen LogP) is 0.640. The van der Waals surface area contributed by atoms with Crippen LogP contribution >= 0.6 is 0 Å². The minimum Gasteiger partial charge on any atom is -0.353 e. The van der Waals surface area contributed by atoms with Crippen LogP contribution in [-0.4, -0.2) is 18.5 Å². The number of hydrogen-bond acceptors (Lipinski definition) is 2. The van der Waals surface area contributed by atoms with Gasteiger partial charge in [-0.2, -0.15) is 0 Å². The van der Waals surface area contributed by atoms with Crippen molar-refractivity contribution in [2.75, 3.05) is 6.54 Å². The summed E-state index contributed by atoms with van der Waals surface area (Å²) in [5.41, 5.74) is 5.32. The van der Waals surface area contributed by atoms with Crippen LogP contribution < -0.4 is 11.1 Å². The molecule has 3 N–H and O–H groups in total. The van der Waals surface area contributed by atoms with Gasteiger partial charge < -0.3 is 11.1 Å². The summed E-state index contributed by atoms with van der Waals surface area (Å²) >= 11 is 0. The molecule has 0 aromatic carbocycles. The van der Waals surface area contributed by atoms with Crippen LogP contribution in [0.4, 0.5) is 0 Å². The second kappa shape index (κ2) is 4.45. The van der Waals surface area contributed by atoms with Gasteiger partial charge in [-0.25, -0.2) is 0 Å². The molecule has 0 aromatic rings. The Bertz CT molecular complexity index is 159. The molecule has 0 aliphatic heterocycles. The highest BCUT2D eigenvalue weighted by atomic mass is 16.1. The molecule has 1 saturated carbocycles. The summed E-state index contributed by atoms with van der Waals surface area (Å²) in [7, 11) is 0. The zero-order valence-corrected chi connectivity index (χ0v) is 7.68. The third-order valence-corrected chi connectivity index (χ3v) is 2.31. The maximum absolute atomic E-state index is 11.2. The molecule has 3 nitrogen and oxygen atoms in total. The third-order valence-electron chi connectivity index (χ3n) is 2.31. The van der Waals surface area contributed by atoms with Crippen LogP contribution in [0, 0.1) is 5.92 Å². The highest BCUT2D eigenvalue weighted by Gasteiger charge is 2.33. The summed E-state index contributed by atoms with van der Waals surface area (Å²) in [5, 5.41) is 2.98. The van der Waals surface area contributed by atoms with E-state index in [1.165, 1.54) is 0 Å². The van der Waals surface area contributed by atoms with E-state index < -0.39 is 0 Å². The smallest absolute Gasteiger partial charge is 0.220 e. The lowest BCUT2D eigenvalue weighted by Crippen LogP contribution is -2.26. The van der Waals surface area contributed by atoms with Crippen LogP contribution in [0.15, 0.2) is 0 Å². The molecule has 1 rings (SSSR count). The molecule has 0 bridgehead atoms. The number of hydrogen-bond donors (Lipinski definition) is 2. The number of rotatable bonds is 5. The Hall–Kier alpha value is -0.570. The molecule has 1 amide bonds. The minimum atomic E-state index is 0.192. The quantitative estimate of drug-likeness (QED) is 0.595. The summed E-state index contributed by atoms with van der Waals surface area (Å²) in [5.74, 6) is 0.890. The van der Waals surface area contributed by atoms with E-state index in [0.717, 1.165) is 19.3 Å². The second-order valence-electron chi connectivity index (χ2n) is 3.63. The van der Waals surface area contributed by atoms with Gasteiger partial charge in [0.1, 0.15) is 0 Å². The molecule has 0 aromatic heterocycles. The lowest BCUT2D eigenvalue weighted by atomic mass is 10.2. The van der Waals surface area contributed by atoms with Crippen molar-refractivity contribution in [2.45, 2.75) is 38.6 Å². The van der Waals surface area contributed by atoms with Crippen LogP contribution in [-0.2, 0) is 4.79 Å². The van der Waals surface area contributed by atoms with Gasteiger partial charge in [-0.05, 0) is 31.7 Å². The molecule has 1 aliphatic carbocycles. The lowest BCUT2D eigenvalue weighted by molar-refractivity contribution is -0.121. The Labute approximate surface area is 73.7 Å². The van der Waals surface area contributed by atoms with Crippen LogP contribution in [0.5, 0.6) is 0 Å². The molecule has 0 heterocycles. The van der Waals surface area contributed by atoms with Gasteiger partial charge in [0.25, 0.3) is 0 Å². The molecule has 1 aliphatic rings. The van der Waals surface area contributed by atoms with E-state index in [-0.39, 0.29) is 5.91 Å². The van der Waals surface area contributed by atoms with Crippen molar-refractivity contribution in [2.24, 2.45) is 11.7 Å². The van der Waals surface area contributed by atoms with E-state index in [9.17, 15) is 4.79 Å². The zero-order chi connectivity index (χ0) is 8.97. The average Bonchev–Trinajstić information content (AvgIpc) is 2.67. The van der Waals surface area contributed by atoms with E-state index >= 15 is 0 Å². The molecule has 1 fully saturated rings. The first-order valence-corrected chi connectivity index (χ1v) is 4.73. The minimum absolute atomic E-state index is 0.192. The van der Waals surface area contributed by atoms with Crippen LogP contribution in [0.25, 0.3) is 0 Å². The van der Waals surface area contributed by atoms with Crippen LogP contribution in [0.3, 0.4) is 0 Å². The first kappa shape index (κ1) is 9.52. The van der Waals surface area contributed by atoms with Gasteiger partial charge in [0, 0.05) is 12.5 Å². The van der Waals surface area contributed by atoms with E-state index in [1.807, 2.05) is 0 Å². The molecule has 70 valence electrons. The van der Waals surface area contributed by atoms with Crippen molar-refractivity contribution in [3.8, 4) is 0 Å². The Kier molecular flexibility index (Phi) is 3.53. The molecular formula is C9H18N2O. The zero-order valence-electron chi connectivity index (χ0n) is 7.68. The highest BCUT2D eigenvalue weighted by Crippen LogP contribution is 2.28. The van der Waals surface area contributed by atoms with Crippen molar-refractivity contribution in [3.63, 3.8) is 0 Å². The fourth-order valence-corrected chi connectivity index (χ4v) is 1.23. The first-order valence-electron chi connectivity index (χ1n) is 4.73. The maximum Gasteiger partial charge on any atom is 0.220 e. The summed E-state index contributed by atoms with van der Waals surface area (Å²) in [6.07, 6.45) is 3.67. The van der Waals surface area contributed by atoms with Crippen molar-refractivity contribution < 1.29 is 4.79 Å². The van der Waals surface area contributed by atoms with Gasteiger partial charge >= 0.3 is 0 Å². The summed E-state index contributed by atoms with van der Waals surface area (Å²) in [4.78, 5) is 11.2. The number of carbonyl (C=O) groups excluding carboxylic acids is 1. The average molecular weight is 170 g/mol. The van der Waals surface area contributed by atoms with Gasteiger partial charge in [-0.3, -0.25) is 4.79 Å². The molecule has 2 atom stereocenters. The van der Waals surface area contributed by atoms with E-state index in [4.69, 9.17) is 5.73 Å². The topological polar surface area (TPSA) is 55.1 Å². The number of amides is 1. The fourth-order valence-electron chi connectivity index (χ4n) is 1.23. The molecule has 2 unspecified atom stereocenters. The molecule has 12 heavy (non-hydrogen) atoms. The Balaban J connectivity index is 1.97. The lowest BCUT2D eigenvalue weighted by Gasteiger charge is -2.02. The SMILES string of the molecule is CC1CC1NC(=O)CCCCN. The summed E-state index contributed by atoms with van der Waals surface area (Å²) in [6, 6.07) is 0.468. The van der Waals surface area contributed by atoms with Gasteiger partial charge in [0.2, 0.25) is 5.91 Å². The third kappa shape index (κ3) is 3.22. The monoisotopic (exact) mass is 170 g/mol. The van der Waals surface area contributed by atoms with Crippen molar-refractivity contribution in [1.82, 2.24) is 5.32 Å². The molecular weight excluding hydrogens is 152 g/mol. The van der Waals surface area contributed by atoms with Crippen LogP contribution in [0.1, 0.15) is 32.6 Å². The standard InChI is InChI=1S/C9H18N2O/c1-7-6-8(7)11-9(12)4-2-3-5-10/h7-8H,2-6,10H2,1H3,(H,11,12). The van der Waals surface area contributed by atoms with Crippen molar-refractivity contribution in [1.29, 1.82) is 0 Å². The fraction of sp³-hybridized carbons (Fsp3) is 0.889. The first-order chi connectivity index (χ1) is 5.74. The molecule has 0 spiro atoms. The highest BCUT2D eigenvalue weighted by molar-refractivity contribution is 5.76. The van der Waals surface area contributed by atoms with E-state index in [2.05, 4.69) is 12.2 Å². The van der Waals surface area contributed by atoms with Gasteiger partial charge in [0.15, 0.2) is 0 Å². The van der Waals surface area contributed by atoms with Gasteiger partial charge in [0.05, 0.1) is 0 Å². The molecule has 0 radical (unpaired) electrons. The largest absolute Gasteiger partial charge is 0.353 e.